The van der Waals surface area contributed by atoms with E-state index in [-0.39, 0.29) is 5.82 Å². The van der Waals surface area contributed by atoms with Crippen LogP contribution in [0.5, 0.6) is 0 Å². The molecule has 1 aromatic heterocycles. The summed E-state index contributed by atoms with van der Waals surface area (Å²) in [6.45, 7) is 0.926. The van der Waals surface area contributed by atoms with E-state index in [0.29, 0.717) is 4.90 Å². The van der Waals surface area contributed by atoms with E-state index in [1.807, 2.05) is 38.7 Å². The molecule has 0 aliphatic rings. The van der Waals surface area contributed by atoms with Gasteiger partial charge in [0.25, 0.3) is 0 Å². The second-order valence-electron chi connectivity index (χ2n) is 4.37. The third kappa shape index (κ3) is 2.48. The van der Waals surface area contributed by atoms with Gasteiger partial charge in [-0.15, -0.1) is 11.8 Å². The smallest absolute Gasteiger partial charge is 0.146 e. The number of fused-ring (bicyclic) bond motifs is 1. The molecule has 2 rings (SSSR count). The molecule has 1 heterocycles. The molecule has 2 nitrogen and oxygen atoms in total. The maximum absolute atomic E-state index is 14.2. The van der Waals surface area contributed by atoms with Crippen LogP contribution in [0.15, 0.2) is 23.2 Å². The van der Waals surface area contributed by atoms with Gasteiger partial charge in [0.1, 0.15) is 5.82 Å². The number of thioether (sulfide) groups is 1. The Morgan fingerprint density at radius 1 is 1.35 bits per heavy atom. The molecule has 0 amide bonds. The molecule has 0 aliphatic heterocycles. The fraction of sp³-hybridized carbons (Fsp3) is 0.385. The Balaban J connectivity index is 2.43. The van der Waals surface area contributed by atoms with Gasteiger partial charge < -0.3 is 9.88 Å². The van der Waals surface area contributed by atoms with Crippen molar-refractivity contribution in [3.8, 4) is 0 Å². The average molecular weight is 252 g/mol. The van der Waals surface area contributed by atoms with Gasteiger partial charge in [-0.25, -0.2) is 4.39 Å². The number of aromatic nitrogens is 1. The number of benzene rings is 1. The molecule has 0 radical (unpaired) electrons. The van der Waals surface area contributed by atoms with Crippen molar-refractivity contribution in [2.45, 2.75) is 11.3 Å². The van der Waals surface area contributed by atoms with Gasteiger partial charge in [-0.2, -0.15) is 0 Å². The van der Waals surface area contributed by atoms with Crippen molar-refractivity contribution >= 4 is 22.7 Å². The highest BCUT2D eigenvalue weighted by molar-refractivity contribution is 7.98. The van der Waals surface area contributed by atoms with Crippen LogP contribution in [0.25, 0.3) is 10.9 Å². The number of rotatable bonds is 4. The summed E-state index contributed by atoms with van der Waals surface area (Å²) < 4.78 is 14.2. The van der Waals surface area contributed by atoms with E-state index in [1.165, 1.54) is 11.8 Å². The van der Waals surface area contributed by atoms with Crippen LogP contribution in [0.1, 0.15) is 5.56 Å². The highest BCUT2D eigenvalue weighted by atomic mass is 32.2. The number of nitrogens with one attached hydrogen (secondary N) is 1. The van der Waals surface area contributed by atoms with E-state index in [2.05, 4.69) is 9.88 Å². The molecule has 4 heteroatoms. The maximum Gasteiger partial charge on any atom is 0.146 e. The summed E-state index contributed by atoms with van der Waals surface area (Å²) in [6, 6.07) is 3.78. The summed E-state index contributed by atoms with van der Waals surface area (Å²) in [4.78, 5) is 5.95. The Labute approximate surface area is 105 Å². The molecule has 0 bridgehead atoms. The third-order valence-corrected chi connectivity index (χ3v) is 3.63. The number of hydrogen-bond acceptors (Lipinski definition) is 2. The number of likely N-dealkylation sites (N-methyl/N-ethyl adjacent to an activating group) is 1. The van der Waals surface area contributed by atoms with Gasteiger partial charge in [-0.05, 0) is 44.5 Å². The molecular weight excluding hydrogens is 235 g/mol. The summed E-state index contributed by atoms with van der Waals surface area (Å²) in [5, 5.41) is 0.749. The fourth-order valence-corrected chi connectivity index (χ4v) is 2.41. The van der Waals surface area contributed by atoms with Gasteiger partial charge in [0.05, 0.1) is 0 Å². The van der Waals surface area contributed by atoms with E-state index >= 15 is 0 Å². The van der Waals surface area contributed by atoms with Crippen molar-refractivity contribution < 1.29 is 4.39 Å². The molecule has 0 unspecified atom stereocenters. The Morgan fingerprint density at radius 3 is 2.76 bits per heavy atom. The third-order valence-electron chi connectivity index (χ3n) is 2.88. The van der Waals surface area contributed by atoms with Crippen molar-refractivity contribution in [2.75, 3.05) is 26.9 Å². The molecule has 0 saturated carbocycles. The molecule has 17 heavy (non-hydrogen) atoms. The van der Waals surface area contributed by atoms with Crippen molar-refractivity contribution in [1.82, 2.24) is 9.88 Å². The SMILES string of the molecule is CSc1ccc2[nH]cc(CCN(C)C)c2c1F. The first-order valence-corrected chi connectivity index (χ1v) is 6.83. The summed E-state index contributed by atoms with van der Waals surface area (Å²) in [5.41, 5.74) is 1.94. The molecule has 2 aromatic rings. The van der Waals surface area contributed by atoms with Crippen molar-refractivity contribution in [3.63, 3.8) is 0 Å². The first kappa shape index (κ1) is 12.5. The lowest BCUT2D eigenvalue weighted by Gasteiger charge is -2.09. The van der Waals surface area contributed by atoms with Crippen molar-refractivity contribution in [1.29, 1.82) is 0 Å². The standard InChI is InChI=1S/C13H17FN2S/c1-16(2)7-6-9-8-15-10-4-5-11(17-3)13(14)12(9)10/h4-5,8,15H,6-7H2,1-3H3. The lowest BCUT2D eigenvalue weighted by molar-refractivity contribution is 0.414. The van der Waals surface area contributed by atoms with Crippen LogP contribution in [0.4, 0.5) is 4.39 Å². The predicted octanol–water partition coefficient (Wildman–Crippen LogP) is 3.13. The quantitative estimate of drug-likeness (QED) is 0.843. The van der Waals surface area contributed by atoms with Crippen LogP contribution >= 0.6 is 11.8 Å². The molecule has 92 valence electrons. The lowest BCUT2D eigenvalue weighted by atomic mass is 10.1. The number of aromatic amines is 1. The van der Waals surface area contributed by atoms with Crippen LogP contribution < -0.4 is 0 Å². The summed E-state index contributed by atoms with van der Waals surface area (Å²) in [6.07, 6.45) is 4.68. The van der Waals surface area contributed by atoms with Crippen molar-refractivity contribution in [3.05, 3.63) is 29.7 Å². The van der Waals surface area contributed by atoms with E-state index in [4.69, 9.17) is 0 Å². The Hall–Kier alpha value is -1.00. The molecular formula is C13H17FN2S. The van der Waals surface area contributed by atoms with Gasteiger partial charge in [-0.1, -0.05) is 0 Å². The highest BCUT2D eigenvalue weighted by Gasteiger charge is 2.12. The first-order valence-electron chi connectivity index (χ1n) is 5.60. The molecule has 0 saturated heterocycles. The highest BCUT2D eigenvalue weighted by Crippen LogP contribution is 2.29. The average Bonchev–Trinajstić information content (AvgIpc) is 2.71. The molecule has 1 N–H and O–H groups in total. The summed E-state index contributed by atoms with van der Waals surface area (Å²) >= 11 is 1.45. The van der Waals surface area contributed by atoms with Gasteiger partial charge in [-0.3, -0.25) is 0 Å². The van der Waals surface area contributed by atoms with Crippen LogP contribution in [0.3, 0.4) is 0 Å². The largest absolute Gasteiger partial charge is 0.361 e. The minimum atomic E-state index is -0.0926. The Bertz CT molecular complexity index is 519. The molecule has 0 fully saturated rings. The number of hydrogen-bond donors (Lipinski definition) is 1. The molecule has 0 aliphatic carbocycles. The van der Waals surface area contributed by atoms with E-state index in [1.54, 1.807) is 0 Å². The topological polar surface area (TPSA) is 19.0 Å². The van der Waals surface area contributed by atoms with Gasteiger partial charge >= 0.3 is 0 Å². The van der Waals surface area contributed by atoms with E-state index < -0.39 is 0 Å². The zero-order valence-electron chi connectivity index (χ0n) is 10.4. The zero-order valence-corrected chi connectivity index (χ0v) is 11.2. The minimum Gasteiger partial charge on any atom is -0.361 e. The van der Waals surface area contributed by atoms with Crippen LogP contribution in [-0.4, -0.2) is 36.8 Å². The van der Waals surface area contributed by atoms with Gasteiger partial charge in [0.2, 0.25) is 0 Å². The predicted molar refractivity (Wildman–Crippen MR) is 72.3 cm³/mol. The fourth-order valence-electron chi connectivity index (χ4n) is 1.93. The van der Waals surface area contributed by atoms with Gasteiger partial charge in [0, 0.05) is 28.5 Å². The van der Waals surface area contributed by atoms with Crippen LogP contribution in [0.2, 0.25) is 0 Å². The summed E-state index contributed by atoms with van der Waals surface area (Å²) in [5.74, 6) is -0.0926. The van der Waals surface area contributed by atoms with Crippen LogP contribution in [-0.2, 0) is 6.42 Å². The molecule has 1 aromatic carbocycles. The second-order valence-corrected chi connectivity index (χ2v) is 5.22. The minimum absolute atomic E-state index is 0.0926. The summed E-state index contributed by atoms with van der Waals surface area (Å²) in [7, 11) is 4.05. The maximum atomic E-state index is 14.2. The Morgan fingerprint density at radius 2 is 2.12 bits per heavy atom. The number of H-pyrrole nitrogens is 1. The van der Waals surface area contributed by atoms with E-state index in [9.17, 15) is 4.39 Å². The first-order chi connectivity index (χ1) is 8.13. The normalized spacial score (nSPS) is 11.6. The number of nitrogens with zero attached hydrogens (tertiary/aromatic N) is 1. The molecule has 0 atom stereocenters. The monoisotopic (exact) mass is 252 g/mol. The zero-order chi connectivity index (χ0) is 12.4. The Kier molecular flexibility index (Phi) is 3.74. The second kappa shape index (κ2) is 5.10. The lowest BCUT2D eigenvalue weighted by Crippen LogP contribution is -2.14. The van der Waals surface area contributed by atoms with Crippen molar-refractivity contribution in [2.24, 2.45) is 0 Å². The molecule has 0 spiro atoms. The van der Waals surface area contributed by atoms with E-state index in [0.717, 1.165) is 29.4 Å². The number of halogens is 1. The van der Waals surface area contributed by atoms with Gasteiger partial charge in [0.15, 0.2) is 0 Å². The van der Waals surface area contributed by atoms with Crippen LogP contribution in [0, 0.1) is 5.82 Å².